The first-order chi connectivity index (χ1) is 7.94. The van der Waals surface area contributed by atoms with Crippen molar-refractivity contribution < 1.29 is 13.6 Å². The molecule has 3 nitrogen and oxygen atoms in total. The van der Waals surface area contributed by atoms with Crippen molar-refractivity contribution in [3.05, 3.63) is 0 Å². The fraction of sp³-hybridized carbons (Fsp3) is 0.917. The zero-order chi connectivity index (χ0) is 14.4. The van der Waals surface area contributed by atoms with Gasteiger partial charge in [0.1, 0.15) is 0 Å². The Morgan fingerprint density at radius 1 is 1.60 bits per heavy atom. The lowest BCUT2D eigenvalue weighted by atomic mass is 9.75. The van der Waals surface area contributed by atoms with E-state index in [0.717, 1.165) is 0 Å². The van der Waals surface area contributed by atoms with E-state index in [9.17, 15) is 4.79 Å². The average molecular weight is 216 g/mol. The van der Waals surface area contributed by atoms with Crippen LogP contribution >= 0.6 is 0 Å². The second-order valence-corrected chi connectivity index (χ2v) is 5.43. The molecule has 15 heavy (non-hydrogen) atoms. The van der Waals surface area contributed by atoms with Gasteiger partial charge in [-0.1, -0.05) is 20.8 Å². The molecule has 2 atom stereocenters. The summed E-state index contributed by atoms with van der Waals surface area (Å²) < 4.78 is 27.4. The molecule has 1 rings (SSSR count). The third kappa shape index (κ3) is 2.03. The molecule has 0 radical (unpaired) electrons. The fourth-order valence-corrected chi connectivity index (χ4v) is 2.35. The SMILES string of the molecule is [2H]C([2H])([2H])C(=O)N1CC(OC)(C(C)(C)C)C[C@@H]1C. The molecule has 0 aliphatic carbocycles. The first kappa shape index (κ1) is 8.57. The number of carbonyl (C=O) groups is 1. The summed E-state index contributed by atoms with van der Waals surface area (Å²) in [6, 6.07) is -0.114. The summed E-state index contributed by atoms with van der Waals surface area (Å²) in [6.07, 6.45) is 0.662. The van der Waals surface area contributed by atoms with Crippen molar-refractivity contribution in [3.8, 4) is 0 Å². The molecule has 0 N–H and O–H groups in total. The molecular weight excluding hydrogens is 190 g/mol. The Morgan fingerprint density at radius 2 is 2.20 bits per heavy atom. The number of carbonyl (C=O) groups excluding carboxylic acids is 1. The van der Waals surface area contributed by atoms with Crippen LogP contribution in [0.25, 0.3) is 0 Å². The van der Waals surface area contributed by atoms with Gasteiger partial charge in [-0.25, -0.2) is 0 Å². The van der Waals surface area contributed by atoms with Crippen molar-refractivity contribution in [1.29, 1.82) is 0 Å². The third-order valence-electron chi connectivity index (χ3n) is 3.60. The molecule has 0 aromatic rings. The van der Waals surface area contributed by atoms with Gasteiger partial charge in [0.15, 0.2) is 0 Å². The average Bonchev–Trinajstić information content (AvgIpc) is 2.53. The summed E-state index contributed by atoms with van der Waals surface area (Å²) >= 11 is 0. The van der Waals surface area contributed by atoms with Crippen LogP contribution in [0.3, 0.4) is 0 Å². The van der Waals surface area contributed by atoms with Gasteiger partial charge in [-0.2, -0.15) is 0 Å². The van der Waals surface area contributed by atoms with Crippen LogP contribution in [0.5, 0.6) is 0 Å². The van der Waals surface area contributed by atoms with Gasteiger partial charge in [0.05, 0.1) is 12.1 Å². The number of hydrogen-bond donors (Lipinski definition) is 0. The van der Waals surface area contributed by atoms with Crippen molar-refractivity contribution in [2.45, 2.75) is 52.6 Å². The van der Waals surface area contributed by atoms with Crippen molar-refractivity contribution in [2.75, 3.05) is 13.7 Å². The number of rotatable bonds is 1. The van der Waals surface area contributed by atoms with E-state index in [0.29, 0.717) is 13.0 Å². The lowest BCUT2D eigenvalue weighted by molar-refractivity contribution is -0.132. The number of amides is 1. The molecule has 1 unspecified atom stereocenters. The number of likely N-dealkylation sites (tertiary alicyclic amines) is 1. The monoisotopic (exact) mass is 216 g/mol. The highest BCUT2D eigenvalue weighted by atomic mass is 16.5. The lowest BCUT2D eigenvalue weighted by Crippen LogP contribution is -2.47. The standard InChI is InChI=1S/C12H23NO2/c1-9-7-12(15-6,11(3,4)5)8-13(9)10(2)14/h9H,7-8H2,1-6H3/t9-,12?/m0/s1/i2D3. The fourth-order valence-electron chi connectivity index (χ4n) is 2.35. The van der Waals surface area contributed by atoms with E-state index in [1.54, 1.807) is 7.11 Å². The zero-order valence-electron chi connectivity index (χ0n) is 13.3. The van der Waals surface area contributed by atoms with Crippen LogP contribution in [-0.2, 0) is 9.53 Å². The molecule has 1 heterocycles. The summed E-state index contributed by atoms with van der Waals surface area (Å²) in [6.45, 7) is 5.78. The Morgan fingerprint density at radius 3 is 2.53 bits per heavy atom. The normalized spacial score (nSPS) is 35.9. The Bertz CT molecular complexity index is 335. The van der Waals surface area contributed by atoms with E-state index < -0.39 is 18.4 Å². The van der Waals surface area contributed by atoms with Crippen LogP contribution in [0.4, 0.5) is 0 Å². The highest BCUT2D eigenvalue weighted by Gasteiger charge is 2.50. The van der Waals surface area contributed by atoms with Crippen molar-refractivity contribution in [1.82, 2.24) is 4.90 Å². The van der Waals surface area contributed by atoms with Gasteiger partial charge < -0.3 is 9.64 Å². The summed E-state index contributed by atoms with van der Waals surface area (Å²) in [4.78, 5) is 13.3. The second kappa shape index (κ2) is 3.78. The van der Waals surface area contributed by atoms with Crippen molar-refractivity contribution in [2.24, 2.45) is 5.41 Å². The van der Waals surface area contributed by atoms with E-state index >= 15 is 0 Å². The van der Waals surface area contributed by atoms with Gasteiger partial charge in [0.2, 0.25) is 5.91 Å². The van der Waals surface area contributed by atoms with E-state index in [2.05, 4.69) is 0 Å². The van der Waals surface area contributed by atoms with Crippen LogP contribution in [0, 0.1) is 5.41 Å². The molecule has 0 saturated carbocycles. The van der Waals surface area contributed by atoms with Crippen LogP contribution in [-0.4, -0.2) is 36.1 Å². The molecule has 1 fully saturated rings. The van der Waals surface area contributed by atoms with Gasteiger partial charge in [-0.3, -0.25) is 4.79 Å². The van der Waals surface area contributed by atoms with Gasteiger partial charge in [-0.15, -0.1) is 0 Å². The first-order valence-electron chi connectivity index (χ1n) is 6.81. The van der Waals surface area contributed by atoms with E-state index in [-0.39, 0.29) is 11.5 Å². The van der Waals surface area contributed by atoms with Crippen molar-refractivity contribution >= 4 is 5.91 Å². The second-order valence-electron chi connectivity index (χ2n) is 5.43. The maximum Gasteiger partial charge on any atom is 0.219 e. The third-order valence-corrected chi connectivity index (χ3v) is 3.60. The molecule has 0 bridgehead atoms. The van der Waals surface area contributed by atoms with Gasteiger partial charge >= 0.3 is 0 Å². The summed E-state index contributed by atoms with van der Waals surface area (Å²) in [5.74, 6) is -0.779. The first-order valence-corrected chi connectivity index (χ1v) is 5.31. The van der Waals surface area contributed by atoms with Gasteiger partial charge in [0.25, 0.3) is 0 Å². The largest absolute Gasteiger partial charge is 0.376 e. The highest BCUT2D eigenvalue weighted by Crippen LogP contribution is 2.43. The zero-order valence-corrected chi connectivity index (χ0v) is 10.3. The van der Waals surface area contributed by atoms with Gasteiger partial charge in [-0.05, 0) is 18.8 Å². The molecule has 0 spiro atoms. The van der Waals surface area contributed by atoms with Crippen molar-refractivity contribution in [3.63, 3.8) is 0 Å². The predicted octanol–water partition coefficient (Wildman–Crippen LogP) is 2.06. The quantitative estimate of drug-likeness (QED) is 0.671. The summed E-state index contributed by atoms with van der Waals surface area (Å²) in [7, 11) is 1.63. The molecule has 0 aromatic heterocycles. The maximum absolute atomic E-state index is 11.9. The lowest BCUT2D eigenvalue weighted by Gasteiger charge is -2.40. The van der Waals surface area contributed by atoms with E-state index in [1.807, 2.05) is 27.7 Å². The Labute approximate surface area is 97.0 Å². The minimum atomic E-state index is -2.57. The van der Waals surface area contributed by atoms with Crippen LogP contribution in [0.15, 0.2) is 0 Å². The smallest absolute Gasteiger partial charge is 0.219 e. The summed E-state index contributed by atoms with van der Waals surface area (Å²) in [5.41, 5.74) is -0.632. The summed E-state index contributed by atoms with van der Waals surface area (Å²) in [5, 5.41) is 0. The molecule has 0 aromatic carbocycles. The van der Waals surface area contributed by atoms with Crippen LogP contribution < -0.4 is 0 Å². The molecule has 1 aliphatic rings. The maximum atomic E-state index is 11.9. The predicted molar refractivity (Wildman–Crippen MR) is 60.7 cm³/mol. The Hall–Kier alpha value is -0.570. The molecule has 3 heteroatoms. The Kier molecular flexibility index (Phi) is 2.16. The minimum absolute atomic E-state index is 0.114. The topological polar surface area (TPSA) is 29.5 Å². The molecule has 1 aliphatic heterocycles. The number of hydrogen-bond acceptors (Lipinski definition) is 2. The molecule has 88 valence electrons. The van der Waals surface area contributed by atoms with Gasteiger partial charge in [0, 0.05) is 24.1 Å². The highest BCUT2D eigenvalue weighted by molar-refractivity contribution is 5.74. The van der Waals surface area contributed by atoms with E-state index in [1.165, 1.54) is 4.90 Å². The molecular formula is C12H23NO2. The van der Waals surface area contributed by atoms with Crippen LogP contribution in [0.2, 0.25) is 0 Å². The van der Waals surface area contributed by atoms with Crippen LogP contribution in [0.1, 0.15) is 45.1 Å². The number of nitrogens with zero attached hydrogens (tertiary/aromatic N) is 1. The Balaban J connectivity index is 3.00. The molecule has 1 amide bonds. The minimum Gasteiger partial charge on any atom is -0.376 e. The van der Waals surface area contributed by atoms with E-state index in [4.69, 9.17) is 8.85 Å². The molecule has 1 saturated heterocycles. The number of methoxy groups -OCH3 is 1. The number of ether oxygens (including phenoxy) is 1.